The van der Waals surface area contributed by atoms with Crippen LogP contribution in [-0.4, -0.2) is 61.3 Å². The molecule has 0 aliphatic heterocycles. The largest absolute Gasteiger partial charge is 0.394 e. The summed E-state index contributed by atoms with van der Waals surface area (Å²) < 4.78 is 0. The number of aliphatic hydroxyl groups excluding tert-OH is 3. The van der Waals surface area contributed by atoms with Crippen LogP contribution in [0.15, 0.2) is 0 Å². The summed E-state index contributed by atoms with van der Waals surface area (Å²) in [7, 11) is 0. The molecule has 0 saturated heterocycles. The average molecular weight is 222 g/mol. The fourth-order valence-electron chi connectivity index (χ4n) is 1.12. The van der Waals surface area contributed by atoms with Crippen LogP contribution in [-0.2, 0) is 4.79 Å². The Bertz CT molecular complexity index is 235. The zero-order valence-corrected chi connectivity index (χ0v) is 9.01. The van der Waals surface area contributed by atoms with Crippen LogP contribution in [0.3, 0.4) is 0 Å². The maximum Gasteiger partial charge on any atom is 0.164 e. The minimum absolute atomic E-state index is 0.753. The number of Topliss-reactive ketones (excluding diaryl/α,β-unsaturated/α-hetero) is 1. The number of carbonyl (C=O) groups is 1. The summed E-state index contributed by atoms with van der Waals surface area (Å²) in [4.78, 5) is 11.1. The van der Waals surface area contributed by atoms with E-state index in [9.17, 15) is 20.1 Å². The van der Waals surface area contributed by atoms with E-state index >= 15 is 0 Å². The van der Waals surface area contributed by atoms with Crippen molar-refractivity contribution in [2.75, 3.05) is 6.61 Å². The molecule has 6 heteroatoms. The second kappa shape index (κ2) is 4.54. The number of carbonyl (C=O) groups excluding carboxylic acids is 1. The molecule has 0 spiro atoms. The second-order valence-corrected chi connectivity index (χ2v) is 3.97. The monoisotopic (exact) mass is 222 g/mol. The van der Waals surface area contributed by atoms with Gasteiger partial charge in [-0.15, -0.1) is 0 Å². The third kappa shape index (κ3) is 2.53. The van der Waals surface area contributed by atoms with Gasteiger partial charge in [-0.05, 0) is 20.8 Å². The minimum Gasteiger partial charge on any atom is -0.394 e. The second-order valence-electron chi connectivity index (χ2n) is 3.97. The van der Waals surface area contributed by atoms with Crippen molar-refractivity contribution in [3.05, 3.63) is 0 Å². The molecule has 0 aromatic rings. The Morgan fingerprint density at radius 1 is 1.27 bits per heavy atom. The van der Waals surface area contributed by atoms with Gasteiger partial charge in [0, 0.05) is 0 Å². The van der Waals surface area contributed by atoms with E-state index in [0.29, 0.717) is 0 Å². The number of hydrogen-bond acceptors (Lipinski definition) is 6. The number of ketones is 1. The molecule has 5 N–H and O–H groups in total. The summed E-state index contributed by atoms with van der Waals surface area (Å²) in [6.45, 7) is 2.30. The Labute approximate surface area is 87.8 Å². The van der Waals surface area contributed by atoms with Gasteiger partial charge in [0.05, 0.1) is 6.61 Å². The van der Waals surface area contributed by atoms with E-state index in [1.54, 1.807) is 0 Å². The van der Waals surface area contributed by atoms with Gasteiger partial charge in [-0.3, -0.25) is 4.79 Å². The van der Waals surface area contributed by atoms with Crippen LogP contribution in [0.2, 0.25) is 0 Å². The molecule has 0 heterocycles. The van der Waals surface area contributed by atoms with Gasteiger partial charge in [-0.2, -0.15) is 0 Å². The fraction of sp³-hybridized carbons (Fsp3) is 0.889. The van der Waals surface area contributed by atoms with Crippen LogP contribution < -0.4 is 0 Å². The first-order valence-electron chi connectivity index (χ1n) is 4.51. The predicted octanol–water partition coefficient (Wildman–Crippen LogP) is -2.21. The standard InChI is InChI=1S/C9H18O6/c1-5(11)8(2,14)9(3,15)7(13)6(12)4-10/h6-7,10,12-15H,4H2,1-3H3/t6-,7-,8+,9+/m1/s1. The van der Waals surface area contributed by atoms with Gasteiger partial charge in [0.15, 0.2) is 11.4 Å². The SMILES string of the molecule is CC(=O)[C@](C)(O)[C@@](C)(O)[C@H](O)[C@H](O)CO. The highest BCUT2D eigenvalue weighted by Gasteiger charge is 2.52. The van der Waals surface area contributed by atoms with Crippen molar-refractivity contribution < 1.29 is 30.3 Å². The van der Waals surface area contributed by atoms with Gasteiger partial charge < -0.3 is 25.5 Å². The lowest BCUT2D eigenvalue weighted by molar-refractivity contribution is -0.209. The first-order chi connectivity index (χ1) is 6.59. The Hall–Kier alpha value is -0.530. The van der Waals surface area contributed by atoms with Crippen LogP contribution in [0.1, 0.15) is 20.8 Å². The molecule has 0 radical (unpaired) electrons. The molecule has 0 bridgehead atoms. The van der Waals surface area contributed by atoms with Crippen LogP contribution in [0, 0.1) is 0 Å². The van der Waals surface area contributed by atoms with E-state index in [1.165, 1.54) is 0 Å². The molecule has 0 aliphatic rings. The maximum atomic E-state index is 11.1. The molecule has 0 rings (SSSR count). The first-order valence-corrected chi connectivity index (χ1v) is 4.51. The molecular formula is C9H18O6. The molecular weight excluding hydrogens is 204 g/mol. The van der Waals surface area contributed by atoms with Gasteiger partial charge in [-0.1, -0.05) is 0 Å². The number of aliphatic hydroxyl groups is 5. The van der Waals surface area contributed by atoms with Crippen molar-refractivity contribution in [3.8, 4) is 0 Å². The van der Waals surface area contributed by atoms with E-state index in [0.717, 1.165) is 20.8 Å². The third-order valence-corrected chi connectivity index (χ3v) is 2.80. The third-order valence-electron chi connectivity index (χ3n) is 2.80. The first kappa shape index (κ1) is 14.5. The smallest absolute Gasteiger partial charge is 0.164 e. The summed E-state index contributed by atoms with van der Waals surface area (Å²) in [6, 6.07) is 0. The minimum atomic E-state index is -2.25. The van der Waals surface area contributed by atoms with E-state index in [2.05, 4.69) is 0 Å². The summed E-state index contributed by atoms with van der Waals surface area (Å²) in [5.74, 6) is -0.753. The topological polar surface area (TPSA) is 118 Å². The molecule has 0 aromatic heterocycles. The van der Waals surface area contributed by atoms with Gasteiger partial charge in [0.25, 0.3) is 0 Å². The molecule has 4 atom stereocenters. The van der Waals surface area contributed by atoms with Gasteiger partial charge >= 0.3 is 0 Å². The average Bonchev–Trinajstić information content (AvgIpc) is 2.14. The quantitative estimate of drug-likeness (QED) is 0.360. The molecule has 0 aromatic carbocycles. The van der Waals surface area contributed by atoms with Gasteiger partial charge in [0.2, 0.25) is 0 Å². The van der Waals surface area contributed by atoms with Gasteiger partial charge in [-0.25, -0.2) is 0 Å². The highest BCUT2D eigenvalue weighted by Crippen LogP contribution is 2.28. The van der Waals surface area contributed by atoms with E-state index < -0.39 is 35.8 Å². The van der Waals surface area contributed by atoms with Crippen molar-refractivity contribution in [2.24, 2.45) is 0 Å². The van der Waals surface area contributed by atoms with Crippen molar-refractivity contribution >= 4 is 5.78 Å². The molecule has 0 saturated carbocycles. The molecule has 0 aliphatic carbocycles. The summed E-state index contributed by atoms with van der Waals surface area (Å²) >= 11 is 0. The van der Waals surface area contributed by atoms with Crippen LogP contribution >= 0.6 is 0 Å². The van der Waals surface area contributed by atoms with Crippen molar-refractivity contribution in [2.45, 2.75) is 44.2 Å². The van der Waals surface area contributed by atoms with Crippen LogP contribution in [0.25, 0.3) is 0 Å². The molecule has 0 fully saturated rings. The van der Waals surface area contributed by atoms with Crippen molar-refractivity contribution in [1.82, 2.24) is 0 Å². The number of hydrogen-bond donors (Lipinski definition) is 5. The molecule has 15 heavy (non-hydrogen) atoms. The van der Waals surface area contributed by atoms with E-state index in [1.807, 2.05) is 0 Å². The highest BCUT2D eigenvalue weighted by molar-refractivity contribution is 5.85. The Balaban J connectivity index is 5.04. The summed E-state index contributed by atoms with van der Waals surface area (Å²) in [5.41, 5.74) is -4.45. The van der Waals surface area contributed by atoms with E-state index in [4.69, 9.17) is 10.2 Å². The molecule has 90 valence electrons. The zero-order valence-electron chi connectivity index (χ0n) is 9.01. The lowest BCUT2D eigenvalue weighted by Gasteiger charge is -2.41. The molecule has 0 unspecified atom stereocenters. The molecule has 6 nitrogen and oxygen atoms in total. The Morgan fingerprint density at radius 3 is 1.93 bits per heavy atom. The Kier molecular flexibility index (Phi) is 4.38. The van der Waals surface area contributed by atoms with Crippen molar-refractivity contribution in [3.63, 3.8) is 0 Å². The highest BCUT2D eigenvalue weighted by atomic mass is 16.4. The van der Waals surface area contributed by atoms with Crippen LogP contribution in [0.4, 0.5) is 0 Å². The lowest BCUT2D eigenvalue weighted by atomic mass is 9.77. The normalized spacial score (nSPS) is 23.7. The number of rotatable bonds is 5. The van der Waals surface area contributed by atoms with Crippen molar-refractivity contribution in [1.29, 1.82) is 0 Å². The summed E-state index contributed by atoms with van der Waals surface area (Å²) in [6.07, 6.45) is -3.47. The summed E-state index contributed by atoms with van der Waals surface area (Å²) in [5, 5.41) is 46.6. The fourth-order valence-corrected chi connectivity index (χ4v) is 1.12. The van der Waals surface area contributed by atoms with Gasteiger partial charge in [0.1, 0.15) is 17.8 Å². The predicted molar refractivity (Wildman–Crippen MR) is 51.0 cm³/mol. The van der Waals surface area contributed by atoms with E-state index in [-0.39, 0.29) is 0 Å². The molecule has 0 amide bonds. The zero-order chi connectivity index (χ0) is 12.4. The van der Waals surface area contributed by atoms with Crippen LogP contribution in [0.5, 0.6) is 0 Å². The lowest BCUT2D eigenvalue weighted by Crippen LogP contribution is -2.64. The maximum absolute atomic E-state index is 11.1. The Morgan fingerprint density at radius 2 is 1.67 bits per heavy atom.